The summed E-state index contributed by atoms with van der Waals surface area (Å²) < 4.78 is 0. The molecule has 6 heteroatoms. The van der Waals surface area contributed by atoms with Crippen LogP contribution < -0.4 is 4.90 Å². The van der Waals surface area contributed by atoms with Crippen molar-refractivity contribution in [2.45, 2.75) is 12.8 Å². The molecular formula is C15H16ClN3O2. The number of hydrogen-bond donors (Lipinski definition) is 2. The average molecular weight is 306 g/mol. The van der Waals surface area contributed by atoms with Gasteiger partial charge in [-0.2, -0.15) is 5.10 Å². The van der Waals surface area contributed by atoms with Crippen LogP contribution in [0.3, 0.4) is 0 Å². The summed E-state index contributed by atoms with van der Waals surface area (Å²) in [5, 5.41) is 17.0. The zero-order valence-electron chi connectivity index (χ0n) is 11.4. The van der Waals surface area contributed by atoms with Crippen molar-refractivity contribution in [3.8, 4) is 11.3 Å². The Morgan fingerprint density at radius 2 is 2.05 bits per heavy atom. The van der Waals surface area contributed by atoms with Gasteiger partial charge in [-0.3, -0.25) is 9.89 Å². The zero-order chi connectivity index (χ0) is 14.8. The second-order valence-electron chi connectivity index (χ2n) is 5.22. The molecule has 0 bridgehead atoms. The number of benzene rings is 1. The van der Waals surface area contributed by atoms with Crippen molar-refractivity contribution in [2.24, 2.45) is 5.92 Å². The molecule has 0 spiro atoms. The molecule has 0 saturated carbocycles. The maximum absolute atomic E-state index is 11.0. The predicted molar refractivity (Wildman–Crippen MR) is 81.6 cm³/mol. The van der Waals surface area contributed by atoms with Crippen LogP contribution in [0.5, 0.6) is 0 Å². The number of piperidine rings is 1. The molecule has 1 saturated heterocycles. The number of halogens is 1. The molecule has 1 aliphatic heterocycles. The van der Waals surface area contributed by atoms with Crippen molar-refractivity contribution in [3.63, 3.8) is 0 Å². The lowest BCUT2D eigenvalue weighted by molar-refractivity contribution is -0.142. The fourth-order valence-corrected chi connectivity index (χ4v) is 2.88. The van der Waals surface area contributed by atoms with E-state index in [0.717, 1.165) is 17.1 Å². The fourth-order valence-electron chi connectivity index (χ4n) is 2.65. The Hall–Kier alpha value is -2.01. The Kier molecular flexibility index (Phi) is 3.84. The van der Waals surface area contributed by atoms with Gasteiger partial charge in [0, 0.05) is 29.7 Å². The van der Waals surface area contributed by atoms with Crippen molar-refractivity contribution >= 4 is 23.4 Å². The van der Waals surface area contributed by atoms with Crippen LogP contribution in [-0.2, 0) is 4.79 Å². The molecular weight excluding hydrogens is 290 g/mol. The maximum Gasteiger partial charge on any atom is 0.306 e. The first-order valence-corrected chi connectivity index (χ1v) is 7.31. The van der Waals surface area contributed by atoms with E-state index in [1.807, 2.05) is 30.3 Å². The van der Waals surface area contributed by atoms with E-state index in [9.17, 15) is 4.79 Å². The Morgan fingerprint density at radius 1 is 1.33 bits per heavy atom. The molecule has 1 aromatic carbocycles. The third-order valence-corrected chi connectivity index (χ3v) is 4.23. The van der Waals surface area contributed by atoms with Crippen molar-refractivity contribution in [1.82, 2.24) is 10.2 Å². The number of aliphatic carboxylic acids is 1. The van der Waals surface area contributed by atoms with E-state index in [2.05, 4.69) is 15.1 Å². The number of nitrogens with zero attached hydrogens (tertiary/aromatic N) is 2. The van der Waals surface area contributed by atoms with Gasteiger partial charge in [-0.15, -0.1) is 0 Å². The molecule has 0 amide bonds. The van der Waals surface area contributed by atoms with E-state index in [1.54, 1.807) is 0 Å². The number of hydrogen-bond acceptors (Lipinski definition) is 3. The average Bonchev–Trinajstić information content (AvgIpc) is 2.97. The number of aromatic amines is 1. The van der Waals surface area contributed by atoms with Crippen LogP contribution in [0.25, 0.3) is 11.3 Å². The van der Waals surface area contributed by atoms with E-state index < -0.39 is 5.97 Å². The molecule has 2 N–H and O–H groups in total. The molecule has 1 fully saturated rings. The molecule has 0 unspecified atom stereocenters. The predicted octanol–water partition coefficient (Wildman–Crippen LogP) is 3.03. The molecule has 21 heavy (non-hydrogen) atoms. The lowest BCUT2D eigenvalue weighted by Crippen LogP contribution is -2.36. The van der Waals surface area contributed by atoms with E-state index in [4.69, 9.17) is 16.7 Å². The van der Waals surface area contributed by atoms with E-state index >= 15 is 0 Å². The lowest BCUT2D eigenvalue weighted by atomic mass is 9.97. The van der Waals surface area contributed by atoms with Gasteiger partial charge in [0.1, 0.15) is 0 Å². The summed E-state index contributed by atoms with van der Waals surface area (Å²) in [6, 6.07) is 9.56. The summed E-state index contributed by atoms with van der Waals surface area (Å²) in [7, 11) is 0. The van der Waals surface area contributed by atoms with Crippen molar-refractivity contribution in [3.05, 3.63) is 35.4 Å². The van der Waals surface area contributed by atoms with Crippen molar-refractivity contribution < 1.29 is 9.90 Å². The molecule has 2 aromatic rings. The smallest absolute Gasteiger partial charge is 0.306 e. The normalized spacial score (nSPS) is 16.1. The number of anilines is 1. The van der Waals surface area contributed by atoms with Gasteiger partial charge in [0.05, 0.1) is 11.6 Å². The number of carbonyl (C=O) groups is 1. The van der Waals surface area contributed by atoms with Crippen molar-refractivity contribution in [2.75, 3.05) is 18.0 Å². The van der Waals surface area contributed by atoms with Crippen LogP contribution in [0, 0.1) is 5.92 Å². The summed E-state index contributed by atoms with van der Waals surface area (Å²) in [5.41, 5.74) is 1.79. The van der Waals surface area contributed by atoms with Crippen LogP contribution >= 0.6 is 11.6 Å². The van der Waals surface area contributed by atoms with Gasteiger partial charge in [0.2, 0.25) is 0 Å². The topological polar surface area (TPSA) is 69.2 Å². The minimum atomic E-state index is -0.701. The Labute approximate surface area is 127 Å². The van der Waals surface area contributed by atoms with Crippen LogP contribution in [0.1, 0.15) is 12.8 Å². The highest BCUT2D eigenvalue weighted by Gasteiger charge is 2.25. The SMILES string of the molecule is O=C(O)C1CCN(c2cc(-c3ccccc3Cl)[nH]n2)CC1. The highest BCUT2D eigenvalue weighted by molar-refractivity contribution is 6.33. The van der Waals surface area contributed by atoms with Gasteiger partial charge in [0.25, 0.3) is 0 Å². The van der Waals surface area contributed by atoms with Crippen LogP contribution in [0.15, 0.2) is 30.3 Å². The molecule has 110 valence electrons. The highest BCUT2D eigenvalue weighted by Crippen LogP contribution is 2.29. The summed E-state index contributed by atoms with van der Waals surface area (Å²) >= 11 is 6.18. The number of H-pyrrole nitrogens is 1. The first-order valence-electron chi connectivity index (χ1n) is 6.93. The van der Waals surface area contributed by atoms with E-state index in [0.29, 0.717) is 31.0 Å². The number of carboxylic acid groups (broad SMARTS) is 1. The van der Waals surface area contributed by atoms with Gasteiger partial charge in [-0.1, -0.05) is 29.8 Å². The van der Waals surface area contributed by atoms with Gasteiger partial charge in [-0.05, 0) is 18.9 Å². The van der Waals surface area contributed by atoms with Gasteiger partial charge in [-0.25, -0.2) is 0 Å². The van der Waals surface area contributed by atoms with Crippen LogP contribution in [0.2, 0.25) is 5.02 Å². The maximum atomic E-state index is 11.0. The van der Waals surface area contributed by atoms with Crippen molar-refractivity contribution in [1.29, 1.82) is 0 Å². The van der Waals surface area contributed by atoms with Gasteiger partial charge in [0.15, 0.2) is 5.82 Å². The Morgan fingerprint density at radius 3 is 2.71 bits per heavy atom. The number of aromatic nitrogens is 2. The Bertz CT molecular complexity index is 648. The molecule has 2 heterocycles. The monoisotopic (exact) mass is 305 g/mol. The summed E-state index contributed by atoms with van der Waals surface area (Å²) in [6.07, 6.45) is 1.31. The van der Waals surface area contributed by atoms with Gasteiger partial charge >= 0.3 is 5.97 Å². The number of rotatable bonds is 3. The van der Waals surface area contributed by atoms with Crippen LogP contribution in [0.4, 0.5) is 5.82 Å². The summed E-state index contributed by atoms with van der Waals surface area (Å²) in [5.74, 6) is -0.0922. The quantitative estimate of drug-likeness (QED) is 0.914. The Balaban J connectivity index is 1.74. The minimum Gasteiger partial charge on any atom is -0.481 e. The number of nitrogens with one attached hydrogen (secondary N) is 1. The third kappa shape index (κ3) is 2.88. The molecule has 0 atom stereocenters. The zero-order valence-corrected chi connectivity index (χ0v) is 12.2. The molecule has 0 aliphatic carbocycles. The highest BCUT2D eigenvalue weighted by atomic mass is 35.5. The second kappa shape index (κ2) is 5.77. The standard InChI is InChI=1S/C15H16ClN3O2/c16-12-4-2-1-3-11(12)13-9-14(18-17-13)19-7-5-10(6-8-19)15(20)21/h1-4,9-10H,5-8H2,(H,17,18)(H,20,21). The second-order valence-corrected chi connectivity index (χ2v) is 5.63. The fraction of sp³-hybridized carbons (Fsp3) is 0.333. The molecule has 5 nitrogen and oxygen atoms in total. The molecule has 0 radical (unpaired) electrons. The molecule has 3 rings (SSSR count). The third-order valence-electron chi connectivity index (χ3n) is 3.90. The number of carboxylic acids is 1. The first-order chi connectivity index (χ1) is 10.1. The summed E-state index contributed by atoms with van der Waals surface area (Å²) in [6.45, 7) is 1.42. The largest absolute Gasteiger partial charge is 0.481 e. The molecule has 1 aliphatic rings. The lowest BCUT2D eigenvalue weighted by Gasteiger charge is -2.29. The van der Waals surface area contributed by atoms with Crippen LogP contribution in [-0.4, -0.2) is 34.4 Å². The summed E-state index contributed by atoms with van der Waals surface area (Å²) in [4.78, 5) is 13.1. The molecule has 1 aromatic heterocycles. The van der Waals surface area contributed by atoms with E-state index in [1.165, 1.54) is 0 Å². The minimum absolute atomic E-state index is 0.233. The van der Waals surface area contributed by atoms with E-state index in [-0.39, 0.29) is 5.92 Å². The first kappa shape index (κ1) is 13.9. The van der Waals surface area contributed by atoms with Gasteiger partial charge < -0.3 is 10.0 Å².